The van der Waals surface area contributed by atoms with E-state index in [1.165, 1.54) is 18.4 Å². The number of aryl methyl sites for hydroxylation is 1. The van der Waals surface area contributed by atoms with Gasteiger partial charge < -0.3 is 9.52 Å². The molecule has 1 aromatic carbocycles. The lowest BCUT2D eigenvalue weighted by Crippen LogP contribution is -1.91. The molecule has 0 fully saturated rings. The van der Waals surface area contributed by atoms with Crippen LogP contribution in [-0.2, 0) is 0 Å². The van der Waals surface area contributed by atoms with Gasteiger partial charge in [-0.05, 0) is 18.6 Å². The van der Waals surface area contributed by atoms with Crippen molar-refractivity contribution in [3.63, 3.8) is 0 Å². The van der Waals surface area contributed by atoms with Crippen LogP contribution in [0.4, 0.5) is 0 Å². The van der Waals surface area contributed by atoms with Gasteiger partial charge in [-0.25, -0.2) is 0 Å². The fourth-order valence-electron chi connectivity index (χ4n) is 1.41. The van der Waals surface area contributed by atoms with Gasteiger partial charge in [0.15, 0.2) is 5.75 Å². The normalized spacial score (nSPS) is 10.9. The largest absolute Gasteiger partial charge is 0.504 e. The van der Waals surface area contributed by atoms with Crippen LogP contribution in [0.1, 0.15) is 21.7 Å². The summed E-state index contributed by atoms with van der Waals surface area (Å²) in [7, 11) is 0. The quantitative estimate of drug-likeness (QED) is 0.648. The maximum absolute atomic E-state index is 11.6. The Bertz CT molecular complexity index is 547. The standard InChI is InChI=1S/C14H12O3/c1-10-2-4-11(5-3-10)6-7-12(15)14-13(16)8-9-17-14/h2-9,16H,1H3/b7-6-. The summed E-state index contributed by atoms with van der Waals surface area (Å²) < 4.78 is 4.88. The van der Waals surface area contributed by atoms with Crippen LogP contribution in [-0.4, -0.2) is 10.9 Å². The van der Waals surface area contributed by atoms with Crippen LogP contribution in [0, 0.1) is 6.92 Å². The summed E-state index contributed by atoms with van der Waals surface area (Å²) in [5.74, 6) is -0.523. The average Bonchev–Trinajstić information content (AvgIpc) is 2.74. The van der Waals surface area contributed by atoms with Crippen LogP contribution in [0.3, 0.4) is 0 Å². The number of carbonyl (C=O) groups excluding carboxylic acids is 1. The molecule has 0 radical (unpaired) electrons. The molecule has 0 saturated heterocycles. The van der Waals surface area contributed by atoms with E-state index in [4.69, 9.17) is 4.42 Å². The number of hydrogen-bond donors (Lipinski definition) is 1. The maximum atomic E-state index is 11.6. The van der Waals surface area contributed by atoms with E-state index in [2.05, 4.69) is 0 Å². The van der Waals surface area contributed by atoms with Crippen LogP contribution in [0.15, 0.2) is 47.1 Å². The molecule has 0 bridgehead atoms. The van der Waals surface area contributed by atoms with Crippen molar-refractivity contribution in [1.82, 2.24) is 0 Å². The Morgan fingerprint density at radius 3 is 2.53 bits per heavy atom. The molecule has 0 aliphatic carbocycles. The summed E-state index contributed by atoms with van der Waals surface area (Å²) in [5.41, 5.74) is 2.09. The Hall–Kier alpha value is -2.29. The molecule has 1 N–H and O–H groups in total. The predicted molar refractivity (Wildman–Crippen MR) is 64.9 cm³/mol. The van der Waals surface area contributed by atoms with Gasteiger partial charge in [0.2, 0.25) is 11.5 Å². The van der Waals surface area contributed by atoms with Gasteiger partial charge in [-0.3, -0.25) is 4.79 Å². The van der Waals surface area contributed by atoms with E-state index in [1.54, 1.807) is 6.08 Å². The highest BCUT2D eigenvalue weighted by Crippen LogP contribution is 2.18. The zero-order valence-electron chi connectivity index (χ0n) is 9.38. The maximum Gasteiger partial charge on any atom is 0.224 e. The summed E-state index contributed by atoms with van der Waals surface area (Å²) in [6.45, 7) is 2.00. The lowest BCUT2D eigenvalue weighted by molar-refractivity contribution is 0.101. The minimum absolute atomic E-state index is 0.0339. The van der Waals surface area contributed by atoms with Gasteiger partial charge in [-0.15, -0.1) is 0 Å². The molecule has 86 valence electrons. The highest BCUT2D eigenvalue weighted by Gasteiger charge is 2.11. The number of allylic oxidation sites excluding steroid dienone is 1. The summed E-state index contributed by atoms with van der Waals surface area (Å²) in [4.78, 5) is 11.6. The second kappa shape index (κ2) is 4.70. The molecule has 2 rings (SSSR count). The first-order valence-corrected chi connectivity index (χ1v) is 5.22. The molecule has 0 aliphatic rings. The molecule has 0 saturated carbocycles. The minimum Gasteiger partial charge on any atom is -0.504 e. The molecule has 0 atom stereocenters. The third-order valence-electron chi connectivity index (χ3n) is 2.37. The van der Waals surface area contributed by atoms with Crippen molar-refractivity contribution in [2.75, 3.05) is 0 Å². The second-order valence-electron chi connectivity index (χ2n) is 3.74. The van der Waals surface area contributed by atoms with Crippen molar-refractivity contribution < 1.29 is 14.3 Å². The van der Waals surface area contributed by atoms with E-state index in [0.717, 1.165) is 11.1 Å². The van der Waals surface area contributed by atoms with Crippen LogP contribution >= 0.6 is 0 Å². The molecule has 1 heterocycles. The molecule has 2 aromatic rings. The summed E-state index contributed by atoms with van der Waals surface area (Å²) in [5, 5.41) is 9.31. The van der Waals surface area contributed by atoms with E-state index in [9.17, 15) is 9.90 Å². The zero-order chi connectivity index (χ0) is 12.3. The average molecular weight is 228 g/mol. The number of aromatic hydroxyl groups is 1. The van der Waals surface area contributed by atoms with Crippen molar-refractivity contribution in [3.05, 3.63) is 59.6 Å². The summed E-state index contributed by atoms with van der Waals surface area (Å²) in [6.07, 6.45) is 4.34. The van der Waals surface area contributed by atoms with E-state index >= 15 is 0 Å². The van der Waals surface area contributed by atoms with E-state index in [0.29, 0.717) is 0 Å². The topological polar surface area (TPSA) is 50.4 Å². The Kier molecular flexibility index (Phi) is 3.10. The van der Waals surface area contributed by atoms with Gasteiger partial charge in [0.1, 0.15) is 0 Å². The van der Waals surface area contributed by atoms with Crippen molar-refractivity contribution >= 4 is 11.9 Å². The number of ketones is 1. The van der Waals surface area contributed by atoms with Crippen molar-refractivity contribution in [2.24, 2.45) is 0 Å². The number of carbonyl (C=O) groups is 1. The van der Waals surface area contributed by atoms with Gasteiger partial charge >= 0.3 is 0 Å². The molecule has 0 aliphatic heterocycles. The first-order valence-electron chi connectivity index (χ1n) is 5.22. The Morgan fingerprint density at radius 1 is 1.24 bits per heavy atom. The summed E-state index contributed by atoms with van der Waals surface area (Å²) >= 11 is 0. The fourth-order valence-corrected chi connectivity index (χ4v) is 1.41. The molecule has 17 heavy (non-hydrogen) atoms. The van der Waals surface area contributed by atoms with Gasteiger partial charge in [0.25, 0.3) is 0 Å². The molecule has 3 heteroatoms. The predicted octanol–water partition coefficient (Wildman–Crippen LogP) is 3.19. The summed E-state index contributed by atoms with van der Waals surface area (Å²) in [6, 6.07) is 9.11. The monoisotopic (exact) mass is 228 g/mol. The Morgan fingerprint density at radius 2 is 1.94 bits per heavy atom. The highest BCUT2D eigenvalue weighted by molar-refractivity contribution is 6.06. The first kappa shape index (κ1) is 11.2. The second-order valence-corrected chi connectivity index (χ2v) is 3.74. The van der Waals surface area contributed by atoms with Crippen molar-refractivity contribution in [2.45, 2.75) is 6.92 Å². The molecule has 0 amide bonds. The zero-order valence-corrected chi connectivity index (χ0v) is 9.38. The smallest absolute Gasteiger partial charge is 0.224 e. The number of furan rings is 1. The van der Waals surface area contributed by atoms with Crippen molar-refractivity contribution in [1.29, 1.82) is 0 Å². The number of rotatable bonds is 3. The lowest BCUT2D eigenvalue weighted by Gasteiger charge is -1.94. The Balaban J connectivity index is 2.14. The van der Waals surface area contributed by atoms with Gasteiger partial charge in [-0.1, -0.05) is 35.9 Å². The SMILES string of the molecule is Cc1ccc(/C=C\C(=O)c2occc2O)cc1. The molecule has 1 aromatic heterocycles. The third-order valence-corrected chi connectivity index (χ3v) is 2.37. The van der Waals surface area contributed by atoms with Crippen LogP contribution in [0.2, 0.25) is 0 Å². The lowest BCUT2D eigenvalue weighted by atomic mass is 10.1. The number of hydrogen-bond acceptors (Lipinski definition) is 3. The van der Waals surface area contributed by atoms with Crippen molar-refractivity contribution in [3.8, 4) is 5.75 Å². The third kappa shape index (κ3) is 2.64. The van der Waals surface area contributed by atoms with E-state index < -0.39 is 0 Å². The van der Waals surface area contributed by atoms with Crippen LogP contribution < -0.4 is 0 Å². The molecule has 0 spiro atoms. The van der Waals surface area contributed by atoms with E-state index in [-0.39, 0.29) is 17.3 Å². The fraction of sp³-hybridized carbons (Fsp3) is 0.0714. The van der Waals surface area contributed by atoms with Gasteiger partial charge in [-0.2, -0.15) is 0 Å². The highest BCUT2D eigenvalue weighted by atomic mass is 16.4. The molecule has 0 unspecified atom stereocenters. The van der Waals surface area contributed by atoms with Gasteiger partial charge in [0.05, 0.1) is 6.26 Å². The molecular formula is C14H12O3. The van der Waals surface area contributed by atoms with E-state index in [1.807, 2.05) is 31.2 Å². The molecular weight excluding hydrogens is 216 g/mol. The molecule has 3 nitrogen and oxygen atoms in total. The Labute approximate surface area is 99.0 Å². The van der Waals surface area contributed by atoms with Crippen LogP contribution in [0.5, 0.6) is 5.75 Å². The van der Waals surface area contributed by atoms with Crippen LogP contribution in [0.25, 0.3) is 6.08 Å². The number of benzene rings is 1. The first-order chi connectivity index (χ1) is 8.16. The van der Waals surface area contributed by atoms with Gasteiger partial charge in [0, 0.05) is 6.07 Å². The minimum atomic E-state index is -0.354.